The topological polar surface area (TPSA) is 76.7 Å². The van der Waals surface area contributed by atoms with E-state index in [-0.39, 0.29) is 12.5 Å². The van der Waals surface area contributed by atoms with E-state index >= 15 is 0 Å². The van der Waals surface area contributed by atoms with Gasteiger partial charge < -0.3 is 15.8 Å². The molecule has 17 heavy (non-hydrogen) atoms. The molecule has 0 spiro atoms. The van der Waals surface area contributed by atoms with Crippen LogP contribution in [0.2, 0.25) is 0 Å². The van der Waals surface area contributed by atoms with Crippen LogP contribution < -0.4 is 11.1 Å². The van der Waals surface area contributed by atoms with Gasteiger partial charge in [-0.15, -0.1) is 0 Å². The first kappa shape index (κ1) is 13.8. The second-order valence-electron chi connectivity index (χ2n) is 5.41. The number of carbonyl (C=O) groups is 1. The third kappa shape index (κ3) is 6.14. The van der Waals surface area contributed by atoms with Crippen LogP contribution in [-0.4, -0.2) is 30.1 Å². The van der Waals surface area contributed by atoms with Crippen LogP contribution in [-0.2, 0) is 9.53 Å². The summed E-state index contributed by atoms with van der Waals surface area (Å²) in [6.07, 6.45) is 4.72. The van der Waals surface area contributed by atoms with Gasteiger partial charge in [-0.25, -0.2) is 4.99 Å². The van der Waals surface area contributed by atoms with Gasteiger partial charge in [0.25, 0.3) is 0 Å². The first-order valence-electron chi connectivity index (χ1n) is 6.15. The molecule has 1 saturated carbocycles. The molecule has 0 radical (unpaired) electrons. The van der Waals surface area contributed by atoms with Gasteiger partial charge in [0.2, 0.25) is 0 Å². The quantitative estimate of drug-likeness (QED) is 0.442. The second kappa shape index (κ2) is 5.89. The standard InChI is InChI=1S/C12H23N3O2/c1-12(2,3)17-10(16)8-14-11(13)15-9-6-4-5-7-9/h9H,4-8H2,1-3H3,(H3,13,14,15). The second-order valence-corrected chi connectivity index (χ2v) is 5.41. The highest BCUT2D eigenvalue weighted by molar-refractivity contribution is 5.81. The van der Waals surface area contributed by atoms with Crippen molar-refractivity contribution in [1.82, 2.24) is 5.32 Å². The number of rotatable bonds is 3. The van der Waals surface area contributed by atoms with Crippen LogP contribution in [0.1, 0.15) is 46.5 Å². The number of nitrogens with one attached hydrogen (secondary N) is 1. The molecule has 1 rings (SSSR count). The number of aliphatic imine (C=N–C) groups is 1. The van der Waals surface area contributed by atoms with Gasteiger partial charge in [0, 0.05) is 6.04 Å². The van der Waals surface area contributed by atoms with E-state index in [0.717, 1.165) is 12.8 Å². The Bertz CT molecular complexity index is 289. The Kier molecular flexibility index (Phi) is 4.78. The smallest absolute Gasteiger partial charge is 0.328 e. The highest BCUT2D eigenvalue weighted by Crippen LogP contribution is 2.17. The summed E-state index contributed by atoms with van der Waals surface area (Å²) in [4.78, 5) is 15.4. The lowest BCUT2D eigenvalue weighted by molar-refractivity contribution is -0.152. The molecule has 1 fully saturated rings. The molecule has 0 aromatic rings. The van der Waals surface area contributed by atoms with E-state index in [0.29, 0.717) is 12.0 Å². The number of nitrogens with two attached hydrogens (primary N) is 1. The maximum Gasteiger partial charge on any atom is 0.328 e. The van der Waals surface area contributed by atoms with Gasteiger partial charge in [0.15, 0.2) is 5.96 Å². The lowest BCUT2D eigenvalue weighted by Gasteiger charge is -2.19. The van der Waals surface area contributed by atoms with Crippen LogP contribution in [0.25, 0.3) is 0 Å². The van der Waals surface area contributed by atoms with Crippen molar-refractivity contribution in [2.75, 3.05) is 6.54 Å². The fourth-order valence-electron chi connectivity index (χ4n) is 1.85. The van der Waals surface area contributed by atoms with Crippen molar-refractivity contribution in [3.63, 3.8) is 0 Å². The molecule has 0 atom stereocenters. The van der Waals surface area contributed by atoms with Crippen molar-refractivity contribution in [2.45, 2.75) is 58.1 Å². The Balaban J connectivity index is 2.29. The maximum atomic E-state index is 11.4. The van der Waals surface area contributed by atoms with Crippen LogP contribution in [0.15, 0.2) is 4.99 Å². The van der Waals surface area contributed by atoms with Crippen LogP contribution >= 0.6 is 0 Å². The molecule has 0 unspecified atom stereocenters. The highest BCUT2D eigenvalue weighted by Gasteiger charge is 2.17. The Morgan fingerprint density at radius 3 is 2.53 bits per heavy atom. The fraction of sp³-hybridized carbons (Fsp3) is 0.833. The Morgan fingerprint density at radius 2 is 2.00 bits per heavy atom. The summed E-state index contributed by atoms with van der Waals surface area (Å²) >= 11 is 0. The fourth-order valence-corrected chi connectivity index (χ4v) is 1.85. The first-order chi connectivity index (χ1) is 7.87. The molecule has 1 aliphatic carbocycles. The van der Waals surface area contributed by atoms with Gasteiger partial charge >= 0.3 is 5.97 Å². The van der Waals surface area contributed by atoms with Gasteiger partial charge in [-0.05, 0) is 33.6 Å². The summed E-state index contributed by atoms with van der Waals surface area (Å²) in [5.41, 5.74) is 5.22. The Morgan fingerprint density at radius 1 is 1.41 bits per heavy atom. The number of hydrogen-bond acceptors (Lipinski definition) is 3. The van der Waals surface area contributed by atoms with Crippen molar-refractivity contribution in [3.05, 3.63) is 0 Å². The van der Waals surface area contributed by atoms with E-state index < -0.39 is 5.60 Å². The number of guanidine groups is 1. The molecule has 0 aromatic heterocycles. The van der Waals surface area contributed by atoms with E-state index in [4.69, 9.17) is 10.5 Å². The SMILES string of the molecule is CC(C)(C)OC(=O)CN=C(N)NC1CCCC1. The minimum Gasteiger partial charge on any atom is -0.459 e. The minimum atomic E-state index is -0.472. The van der Waals surface area contributed by atoms with E-state index in [9.17, 15) is 4.79 Å². The largest absolute Gasteiger partial charge is 0.459 e. The van der Waals surface area contributed by atoms with Crippen molar-refractivity contribution in [2.24, 2.45) is 10.7 Å². The van der Waals surface area contributed by atoms with E-state index in [1.54, 1.807) is 0 Å². The molecule has 0 saturated heterocycles. The van der Waals surface area contributed by atoms with Gasteiger partial charge in [-0.1, -0.05) is 12.8 Å². The first-order valence-corrected chi connectivity index (χ1v) is 6.15. The summed E-state index contributed by atoms with van der Waals surface area (Å²) < 4.78 is 5.13. The maximum absolute atomic E-state index is 11.4. The predicted molar refractivity (Wildman–Crippen MR) is 67.7 cm³/mol. The number of hydrogen-bond donors (Lipinski definition) is 2. The molecule has 0 bridgehead atoms. The molecule has 0 aromatic carbocycles. The molecule has 98 valence electrons. The molecule has 5 nitrogen and oxygen atoms in total. The zero-order valence-electron chi connectivity index (χ0n) is 11.0. The Labute approximate surface area is 103 Å². The van der Waals surface area contributed by atoms with Crippen LogP contribution in [0.3, 0.4) is 0 Å². The van der Waals surface area contributed by atoms with Crippen molar-refractivity contribution >= 4 is 11.9 Å². The van der Waals surface area contributed by atoms with Crippen LogP contribution in [0.5, 0.6) is 0 Å². The Hall–Kier alpha value is -1.26. The number of nitrogens with zero attached hydrogens (tertiary/aromatic N) is 1. The number of esters is 1. The van der Waals surface area contributed by atoms with Gasteiger partial charge in [0.1, 0.15) is 12.1 Å². The van der Waals surface area contributed by atoms with Gasteiger partial charge in [-0.3, -0.25) is 4.79 Å². The lowest BCUT2D eigenvalue weighted by Crippen LogP contribution is -2.39. The molecular weight excluding hydrogens is 218 g/mol. The number of ether oxygens (including phenoxy) is 1. The third-order valence-corrected chi connectivity index (χ3v) is 2.51. The number of carbonyl (C=O) groups excluding carboxylic acids is 1. The summed E-state index contributed by atoms with van der Waals surface area (Å²) in [7, 11) is 0. The minimum absolute atomic E-state index is 0.0250. The molecule has 0 amide bonds. The highest BCUT2D eigenvalue weighted by atomic mass is 16.6. The normalized spacial score (nSPS) is 18.2. The molecular formula is C12H23N3O2. The van der Waals surface area contributed by atoms with E-state index in [1.165, 1.54) is 12.8 Å². The molecule has 0 aliphatic heterocycles. The zero-order valence-corrected chi connectivity index (χ0v) is 11.0. The molecule has 5 heteroatoms. The molecule has 3 N–H and O–H groups in total. The monoisotopic (exact) mass is 241 g/mol. The van der Waals surface area contributed by atoms with Crippen LogP contribution in [0, 0.1) is 0 Å². The average molecular weight is 241 g/mol. The summed E-state index contributed by atoms with van der Waals surface area (Å²) in [5.74, 6) is -0.0172. The van der Waals surface area contributed by atoms with Crippen molar-refractivity contribution in [1.29, 1.82) is 0 Å². The van der Waals surface area contributed by atoms with Gasteiger partial charge in [-0.2, -0.15) is 0 Å². The van der Waals surface area contributed by atoms with Crippen molar-refractivity contribution < 1.29 is 9.53 Å². The molecule has 1 aliphatic rings. The summed E-state index contributed by atoms with van der Waals surface area (Å²) in [5, 5.41) is 3.12. The third-order valence-electron chi connectivity index (χ3n) is 2.51. The van der Waals surface area contributed by atoms with E-state index in [2.05, 4.69) is 10.3 Å². The summed E-state index contributed by atoms with van der Waals surface area (Å²) in [6.45, 7) is 5.46. The lowest BCUT2D eigenvalue weighted by atomic mass is 10.2. The van der Waals surface area contributed by atoms with E-state index in [1.807, 2.05) is 20.8 Å². The predicted octanol–water partition coefficient (Wildman–Crippen LogP) is 1.18. The summed E-state index contributed by atoms with van der Waals surface area (Å²) in [6, 6.07) is 0.414. The average Bonchev–Trinajstić information content (AvgIpc) is 2.64. The van der Waals surface area contributed by atoms with Gasteiger partial charge in [0.05, 0.1) is 0 Å². The van der Waals surface area contributed by atoms with Crippen molar-refractivity contribution in [3.8, 4) is 0 Å². The zero-order chi connectivity index (χ0) is 12.9. The molecule has 0 heterocycles. The van der Waals surface area contributed by atoms with Crippen LogP contribution in [0.4, 0.5) is 0 Å².